The van der Waals surface area contributed by atoms with Crippen molar-refractivity contribution in [2.75, 3.05) is 11.9 Å². The lowest BCUT2D eigenvalue weighted by molar-refractivity contribution is 0.00505. The zero-order valence-electron chi connectivity index (χ0n) is 13.4. The monoisotopic (exact) mass is 330 g/mol. The number of aromatic nitrogens is 3. The minimum atomic E-state index is -0.326. The van der Waals surface area contributed by atoms with Crippen LogP contribution in [-0.2, 0) is 11.3 Å². The SMILES string of the molecule is CCn1cc([C@H]2OCCC[C@@H]2Nc2nc3cc(F)ccc3o2)cn1. The Kier molecular flexibility index (Phi) is 3.93. The van der Waals surface area contributed by atoms with E-state index in [9.17, 15) is 4.39 Å². The smallest absolute Gasteiger partial charge is 0.296 e. The van der Waals surface area contributed by atoms with Crippen LogP contribution in [0.2, 0.25) is 0 Å². The first-order valence-corrected chi connectivity index (χ1v) is 8.19. The third-order valence-corrected chi connectivity index (χ3v) is 4.29. The molecule has 1 aromatic carbocycles. The molecule has 4 rings (SSSR count). The van der Waals surface area contributed by atoms with Crippen LogP contribution < -0.4 is 5.32 Å². The highest BCUT2D eigenvalue weighted by Crippen LogP contribution is 2.31. The Morgan fingerprint density at radius 3 is 3.17 bits per heavy atom. The highest BCUT2D eigenvalue weighted by molar-refractivity contribution is 5.74. The summed E-state index contributed by atoms with van der Waals surface area (Å²) in [5.74, 6) is -0.326. The fourth-order valence-electron chi connectivity index (χ4n) is 3.08. The van der Waals surface area contributed by atoms with Gasteiger partial charge in [0.15, 0.2) is 5.58 Å². The number of hydrogen-bond donors (Lipinski definition) is 1. The number of anilines is 1. The summed E-state index contributed by atoms with van der Waals surface area (Å²) in [5, 5.41) is 7.63. The van der Waals surface area contributed by atoms with Crippen molar-refractivity contribution in [1.82, 2.24) is 14.8 Å². The maximum atomic E-state index is 13.3. The van der Waals surface area contributed by atoms with Gasteiger partial charge in [0, 0.05) is 31.0 Å². The van der Waals surface area contributed by atoms with Crippen molar-refractivity contribution in [3.05, 3.63) is 42.0 Å². The Hall–Kier alpha value is -2.41. The Balaban J connectivity index is 1.57. The summed E-state index contributed by atoms with van der Waals surface area (Å²) in [6, 6.07) is 4.74. The van der Waals surface area contributed by atoms with E-state index in [1.54, 1.807) is 6.07 Å². The van der Waals surface area contributed by atoms with Crippen molar-refractivity contribution in [1.29, 1.82) is 0 Å². The molecule has 6 nitrogen and oxygen atoms in total. The second-order valence-electron chi connectivity index (χ2n) is 5.94. The molecular weight excluding hydrogens is 311 g/mol. The van der Waals surface area contributed by atoms with Crippen molar-refractivity contribution < 1.29 is 13.5 Å². The van der Waals surface area contributed by atoms with E-state index in [4.69, 9.17) is 9.15 Å². The predicted octanol–water partition coefficient (Wildman–Crippen LogP) is 3.52. The highest BCUT2D eigenvalue weighted by Gasteiger charge is 2.29. The molecule has 3 aromatic rings. The van der Waals surface area contributed by atoms with Gasteiger partial charge >= 0.3 is 0 Å². The van der Waals surface area contributed by atoms with Crippen LogP contribution in [0.25, 0.3) is 11.1 Å². The highest BCUT2D eigenvalue weighted by atomic mass is 19.1. The van der Waals surface area contributed by atoms with Crippen LogP contribution >= 0.6 is 0 Å². The largest absolute Gasteiger partial charge is 0.424 e. The normalized spacial score (nSPS) is 21.2. The molecule has 3 heterocycles. The lowest BCUT2D eigenvalue weighted by Crippen LogP contribution is -2.33. The molecule has 126 valence electrons. The van der Waals surface area contributed by atoms with E-state index in [0.717, 1.165) is 31.6 Å². The molecule has 2 atom stereocenters. The van der Waals surface area contributed by atoms with Gasteiger partial charge in [0.2, 0.25) is 0 Å². The average molecular weight is 330 g/mol. The number of ether oxygens (including phenoxy) is 1. The van der Waals surface area contributed by atoms with Crippen LogP contribution in [0.4, 0.5) is 10.4 Å². The molecule has 7 heteroatoms. The van der Waals surface area contributed by atoms with Gasteiger partial charge in [-0.15, -0.1) is 0 Å². The van der Waals surface area contributed by atoms with Gasteiger partial charge in [-0.1, -0.05) is 0 Å². The molecule has 1 aliphatic rings. The molecule has 0 amide bonds. The van der Waals surface area contributed by atoms with Crippen LogP contribution in [-0.4, -0.2) is 27.4 Å². The molecule has 0 spiro atoms. The van der Waals surface area contributed by atoms with Crippen molar-refractivity contribution in [2.24, 2.45) is 0 Å². The summed E-state index contributed by atoms with van der Waals surface area (Å²) in [4.78, 5) is 4.32. The molecule has 0 unspecified atom stereocenters. The van der Waals surface area contributed by atoms with Gasteiger partial charge in [0.25, 0.3) is 6.01 Å². The minimum Gasteiger partial charge on any atom is -0.424 e. The quantitative estimate of drug-likeness (QED) is 0.793. The Bertz CT molecular complexity index is 844. The number of halogens is 1. The number of nitrogens with zero attached hydrogens (tertiary/aromatic N) is 3. The summed E-state index contributed by atoms with van der Waals surface area (Å²) in [5.41, 5.74) is 2.10. The van der Waals surface area contributed by atoms with Crippen LogP contribution in [0.5, 0.6) is 0 Å². The second-order valence-corrected chi connectivity index (χ2v) is 5.94. The van der Waals surface area contributed by atoms with Crippen LogP contribution in [0.15, 0.2) is 35.0 Å². The van der Waals surface area contributed by atoms with Crippen molar-refractivity contribution in [3.63, 3.8) is 0 Å². The molecule has 0 aliphatic carbocycles. The fraction of sp³-hybridized carbons (Fsp3) is 0.412. The van der Waals surface area contributed by atoms with Crippen LogP contribution in [0.1, 0.15) is 31.4 Å². The van der Waals surface area contributed by atoms with E-state index in [0.29, 0.717) is 17.1 Å². The molecule has 1 saturated heterocycles. The molecule has 1 fully saturated rings. The molecule has 0 bridgehead atoms. The first-order valence-electron chi connectivity index (χ1n) is 8.19. The fourth-order valence-corrected chi connectivity index (χ4v) is 3.08. The zero-order chi connectivity index (χ0) is 16.5. The standard InChI is InChI=1S/C17H19FN4O2/c1-2-22-10-11(9-19-22)16-13(4-3-7-23-16)20-17-21-14-8-12(18)5-6-15(14)24-17/h5-6,8-10,13,16H,2-4,7H2,1H3,(H,20,21)/t13-,16+/m0/s1. The summed E-state index contributed by atoms with van der Waals surface area (Å²) in [6.07, 6.45) is 5.65. The molecule has 24 heavy (non-hydrogen) atoms. The van der Waals surface area contributed by atoms with Crippen LogP contribution in [0.3, 0.4) is 0 Å². The topological polar surface area (TPSA) is 65.1 Å². The molecule has 1 N–H and O–H groups in total. The van der Waals surface area contributed by atoms with Gasteiger partial charge in [-0.2, -0.15) is 10.1 Å². The first-order chi connectivity index (χ1) is 11.7. The lowest BCUT2D eigenvalue weighted by atomic mass is 9.98. The molecule has 2 aromatic heterocycles. The molecule has 0 radical (unpaired) electrons. The molecule has 1 aliphatic heterocycles. The van der Waals surface area contributed by atoms with Gasteiger partial charge < -0.3 is 14.5 Å². The van der Waals surface area contributed by atoms with E-state index in [1.165, 1.54) is 12.1 Å². The molecule has 0 saturated carbocycles. The van der Waals surface area contributed by atoms with Gasteiger partial charge in [0.05, 0.1) is 12.2 Å². The third kappa shape index (κ3) is 2.87. The molecular formula is C17H19FN4O2. The maximum absolute atomic E-state index is 13.3. The second kappa shape index (κ2) is 6.24. The van der Waals surface area contributed by atoms with Gasteiger partial charge in [-0.25, -0.2) is 4.39 Å². The Labute approximate surface area is 138 Å². The zero-order valence-corrected chi connectivity index (χ0v) is 13.4. The van der Waals surface area contributed by atoms with Crippen molar-refractivity contribution in [2.45, 2.75) is 38.5 Å². The first kappa shape index (κ1) is 15.1. The number of rotatable bonds is 4. The van der Waals surface area contributed by atoms with E-state index >= 15 is 0 Å². The third-order valence-electron chi connectivity index (χ3n) is 4.29. The van der Waals surface area contributed by atoms with Crippen LogP contribution in [0, 0.1) is 5.82 Å². The van der Waals surface area contributed by atoms with E-state index in [2.05, 4.69) is 15.4 Å². The predicted molar refractivity (Wildman–Crippen MR) is 87.2 cm³/mol. The van der Waals surface area contributed by atoms with Gasteiger partial charge in [-0.05, 0) is 31.9 Å². The Morgan fingerprint density at radius 1 is 1.42 bits per heavy atom. The summed E-state index contributed by atoms with van der Waals surface area (Å²) in [7, 11) is 0. The number of fused-ring (bicyclic) bond motifs is 1. The summed E-state index contributed by atoms with van der Waals surface area (Å²) in [6.45, 7) is 3.59. The van der Waals surface area contributed by atoms with E-state index in [-0.39, 0.29) is 18.0 Å². The average Bonchev–Trinajstić information content (AvgIpc) is 3.21. The maximum Gasteiger partial charge on any atom is 0.296 e. The number of nitrogens with one attached hydrogen (secondary N) is 1. The number of oxazole rings is 1. The van der Waals surface area contributed by atoms with E-state index < -0.39 is 0 Å². The van der Waals surface area contributed by atoms with E-state index in [1.807, 2.05) is 24.0 Å². The number of benzene rings is 1. The van der Waals surface area contributed by atoms with Gasteiger partial charge in [-0.3, -0.25) is 4.68 Å². The Morgan fingerprint density at radius 2 is 2.33 bits per heavy atom. The summed E-state index contributed by atoms with van der Waals surface area (Å²) < 4.78 is 26.8. The lowest BCUT2D eigenvalue weighted by Gasteiger charge is -2.31. The summed E-state index contributed by atoms with van der Waals surface area (Å²) >= 11 is 0. The van der Waals surface area contributed by atoms with Gasteiger partial charge in [0.1, 0.15) is 17.4 Å². The number of hydrogen-bond acceptors (Lipinski definition) is 5. The van der Waals surface area contributed by atoms with Crippen molar-refractivity contribution in [3.8, 4) is 0 Å². The van der Waals surface area contributed by atoms with Crippen molar-refractivity contribution >= 4 is 17.1 Å². The minimum absolute atomic E-state index is 0.0335. The number of aryl methyl sites for hydroxylation is 1.